The summed E-state index contributed by atoms with van der Waals surface area (Å²) in [6.07, 6.45) is 2.14. The van der Waals surface area contributed by atoms with Gasteiger partial charge < -0.3 is 5.11 Å². The fraction of sp³-hybridized carbons (Fsp3) is 0.286. The molecule has 1 aromatic carbocycles. The normalized spacial score (nSPS) is 9.60. The lowest BCUT2D eigenvalue weighted by Crippen LogP contribution is -1.84. The Morgan fingerprint density at radius 1 is 1.13 bits per heavy atom. The highest BCUT2D eigenvalue weighted by atomic mass is 16.3. The Hall–Kier alpha value is -1.50. The van der Waals surface area contributed by atoms with Crippen LogP contribution in [0.15, 0.2) is 41.5 Å². The first kappa shape index (κ1) is 11.6. The second-order valence-corrected chi connectivity index (χ2v) is 4.19. The summed E-state index contributed by atoms with van der Waals surface area (Å²) in [5.41, 5.74) is 4.76. The molecular weight excluding hydrogens is 184 g/mol. The molecule has 0 heterocycles. The van der Waals surface area contributed by atoms with Gasteiger partial charge in [-0.3, -0.25) is 0 Å². The van der Waals surface area contributed by atoms with Gasteiger partial charge in [0.25, 0.3) is 0 Å². The molecule has 0 saturated carbocycles. The van der Waals surface area contributed by atoms with Crippen molar-refractivity contribution in [3.05, 3.63) is 47.1 Å². The lowest BCUT2D eigenvalue weighted by Gasteiger charge is -2.07. The Kier molecular flexibility index (Phi) is 3.73. The van der Waals surface area contributed by atoms with E-state index in [1.807, 2.05) is 12.1 Å². The highest BCUT2D eigenvalue weighted by Gasteiger charge is 2.01. The Morgan fingerprint density at radius 2 is 1.80 bits per heavy atom. The van der Waals surface area contributed by atoms with Crippen molar-refractivity contribution >= 4 is 5.57 Å². The van der Waals surface area contributed by atoms with Crippen molar-refractivity contribution in [3.8, 4) is 5.75 Å². The van der Waals surface area contributed by atoms with Crippen LogP contribution in [0.25, 0.3) is 5.57 Å². The van der Waals surface area contributed by atoms with Gasteiger partial charge >= 0.3 is 0 Å². The quantitative estimate of drug-likeness (QED) is 0.714. The fourth-order valence-corrected chi connectivity index (χ4v) is 1.48. The lowest BCUT2D eigenvalue weighted by atomic mass is 9.99. The van der Waals surface area contributed by atoms with Gasteiger partial charge in [-0.2, -0.15) is 0 Å². The van der Waals surface area contributed by atoms with Crippen LogP contribution in [0.5, 0.6) is 5.75 Å². The number of hydrogen-bond donors (Lipinski definition) is 1. The molecule has 1 nitrogen and oxygen atoms in total. The van der Waals surface area contributed by atoms with Gasteiger partial charge in [-0.15, -0.1) is 0 Å². The first-order chi connectivity index (χ1) is 7.00. The number of phenols is 1. The third-order valence-electron chi connectivity index (χ3n) is 2.13. The highest BCUT2D eigenvalue weighted by Crippen LogP contribution is 2.24. The van der Waals surface area contributed by atoms with Crippen LogP contribution in [0.3, 0.4) is 0 Å². The second-order valence-electron chi connectivity index (χ2n) is 4.19. The van der Waals surface area contributed by atoms with E-state index >= 15 is 0 Å². The van der Waals surface area contributed by atoms with E-state index in [2.05, 4.69) is 33.8 Å². The van der Waals surface area contributed by atoms with E-state index in [1.54, 1.807) is 12.1 Å². The first-order valence-corrected chi connectivity index (χ1v) is 5.12. The minimum Gasteiger partial charge on any atom is -0.508 e. The van der Waals surface area contributed by atoms with Gasteiger partial charge in [0.15, 0.2) is 0 Å². The van der Waals surface area contributed by atoms with Crippen LogP contribution in [0, 0.1) is 0 Å². The minimum absolute atomic E-state index is 0.313. The zero-order valence-corrected chi connectivity index (χ0v) is 9.83. The molecule has 1 heteroatoms. The molecule has 0 aromatic heterocycles. The SMILES string of the molecule is CC(C)=CC(=C(C)C)c1cccc(O)c1. The van der Waals surface area contributed by atoms with E-state index < -0.39 is 0 Å². The first-order valence-electron chi connectivity index (χ1n) is 5.12. The molecular formula is C14H18O. The smallest absolute Gasteiger partial charge is 0.116 e. The molecule has 1 rings (SSSR count). The number of benzene rings is 1. The molecule has 0 amide bonds. The molecule has 0 atom stereocenters. The second kappa shape index (κ2) is 4.83. The molecule has 80 valence electrons. The number of hydrogen-bond acceptors (Lipinski definition) is 1. The van der Waals surface area contributed by atoms with Crippen LogP contribution >= 0.6 is 0 Å². The number of aromatic hydroxyl groups is 1. The fourth-order valence-electron chi connectivity index (χ4n) is 1.48. The Morgan fingerprint density at radius 3 is 2.27 bits per heavy atom. The summed E-state index contributed by atoms with van der Waals surface area (Å²) in [6.45, 7) is 8.31. The van der Waals surface area contributed by atoms with E-state index in [0.29, 0.717) is 5.75 Å². The van der Waals surface area contributed by atoms with Crippen LogP contribution in [-0.2, 0) is 0 Å². The maximum Gasteiger partial charge on any atom is 0.116 e. The molecule has 0 aliphatic carbocycles. The third-order valence-corrected chi connectivity index (χ3v) is 2.13. The summed E-state index contributed by atoms with van der Waals surface area (Å²) in [7, 11) is 0. The highest BCUT2D eigenvalue weighted by molar-refractivity contribution is 5.77. The largest absolute Gasteiger partial charge is 0.508 e. The van der Waals surface area contributed by atoms with Gasteiger partial charge in [0.05, 0.1) is 0 Å². The molecule has 0 aliphatic rings. The van der Waals surface area contributed by atoms with Gasteiger partial charge in [-0.05, 0) is 51.0 Å². The van der Waals surface area contributed by atoms with Gasteiger partial charge in [0.2, 0.25) is 0 Å². The average molecular weight is 202 g/mol. The van der Waals surface area contributed by atoms with Crippen molar-refractivity contribution in [3.63, 3.8) is 0 Å². The summed E-state index contributed by atoms with van der Waals surface area (Å²) < 4.78 is 0. The maximum atomic E-state index is 9.43. The summed E-state index contributed by atoms with van der Waals surface area (Å²) in [4.78, 5) is 0. The third kappa shape index (κ3) is 3.28. The zero-order chi connectivity index (χ0) is 11.4. The van der Waals surface area contributed by atoms with Crippen molar-refractivity contribution in [1.29, 1.82) is 0 Å². The van der Waals surface area contributed by atoms with E-state index in [4.69, 9.17) is 0 Å². The zero-order valence-electron chi connectivity index (χ0n) is 9.83. The number of phenolic OH excluding ortho intramolecular Hbond substituents is 1. The van der Waals surface area contributed by atoms with Gasteiger partial charge in [-0.1, -0.05) is 29.4 Å². The van der Waals surface area contributed by atoms with Crippen LogP contribution in [0.1, 0.15) is 33.3 Å². The van der Waals surface area contributed by atoms with Crippen LogP contribution < -0.4 is 0 Å². The van der Waals surface area contributed by atoms with E-state index in [1.165, 1.54) is 16.7 Å². The Labute approximate surface area is 91.8 Å². The molecule has 15 heavy (non-hydrogen) atoms. The minimum atomic E-state index is 0.313. The summed E-state index contributed by atoms with van der Waals surface area (Å²) in [5, 5.41) is 9.43. The summed E-state index contributed by atoms with van der Waals surface area (Å²) >= 11 is 0. The topological polar surface area (TPSA) is 20.2 Å². The predicted molar refractivity (Wildman–Crippen MR) is 65.8 cm³/mol. The molecule has 0 radical (unpaired) electrons. The van der Waals surface area contributed by atoms with Gasteiger partial charge in [0, 0.05) is 0 Å². The van der Waals surface area contributed by atoms with Crippen LogP contribution in [0.4, 0.5) is 0 Å². The predicted octanol–water partition coefficient (Wildman–Crippen LogP) is 4.15. The van der Waals surface area contributed by atoms with E-state index in [9.17, 15) is 5.11 Å². The monoisotopic (exact) mass is 202 g/mol. The van der Waals surface area contributed by atoms with E-state index in [-0.39, 0.29) is 0 Å². The molecule has 0 spiro atoms. The Balaban J connectivity index is 3.24. The number of rotatable bonds is 2. The number of allylic oxidation sites excluding steroid dienone is 4. The van der Waals surface area contributed by atoms with Crippen LogP contribution in [0.2, 0.25) is 0 Å². The molecule has 0 fully saturated rings. The molecule has 0 saturated heterocycles. The molecule has 0 bridgehead atoms. The van der Waals surface area contributed by atoms with Crippen LogP contribution in [-0.4, -0.2) is 5.11 Å². The summed E-state index contributed by atoms with van der Waals surface area (Å²) in [5.74, 6) is 0.313. The molecule has 1 N–H and O–H groups in total. The van der Waals surface area contributed by atoms with Gasteiger partial charge in [-0.25, -0.2) is 0 Å². The van der Waals surface area contributed by atoms with E-state index in [0.717, 1.165) is 5.56 Å². The van der Waals surface area contributed by atoms with Crippen molar-refractivity contribution < 1.29 is 5.11 Å². The van der Waals surface area contributed by atoms with Crippen molar-refractivity contribution in [2.24, 2.45) is 0 Å². The summed E-state index contributed by atoms with van der Waals surface area (Å²) in [6, 6.07) is 7.37. The van der Waals surface area contributed by atoms with Crippen molar-refractivity contribution in [1.82, 2.24) is 0 Å². The maximum absolute atomic E-state index is 9.43. The molecule has 1 aromatic rings. The Bertz CT molecular complexity index is 403. The molecule has 0 unspecified atom stereocenters. The lowest BCUT2D eigenvalue weighted by molar-refractivity contribution is 0.475. The average Bonchev–Trinajstić information content (AvgIpc) is 2.13. The van der Waals surface area contributed by atoms with Crippen molar-refractivity contribution in [2.75, 3.05) is 0 Å². The van der Waals surface area contributed by atoms with Gasteiger partial charge in [0.1, 0.15) is 5.75 Å². The molecule has 0 aliphatic heterocycles. The van der Waals surface area contributed by atoms with Crippen molar-refractivity contribution in [2.45, 2.75) is 27.7 Å². The standard InChI is InChI=1S/C14H18O/c1-10(2)8-14(11(3)4)12-6-5-7-13(15)9-12/h5-9,15H,1-4H3.